The number of hydrogen-bond acceptors (Lipinski definition) is 3. The maximum atomic E-state index is 11.9. The average molecular weight is 283 g/mol. The fourth-order valence-electron chi connectivity index (χ4n) is 2.16. The molecule has 2 aromatic rings. The highest BCUT2D eigenvalue weighted by atomic mass is 16.2. The number of anilines is 3. The van der Waals surface area contributed by atoms with Crippen LogP contribution in [0.3, 0.4) is 0 Å². The summed E-state index contributed by atoms with van der Waals surface area (Å²) >= 11 is 0. The maximum absolute atomic E-state index is 11.9. The molecule has 0 aliphatic heterocycles. The second-order valence-corrected chi connectivity index (χ2v) is 5.26. The molecule has 0 aliphatic carbocycles. The molecule has 0 saturated heterocycles. The number of nitrogens with two attached hydrogens (primary N) is 1. The SMILES string of the molecule is CC(=O)N(Cc1ccc(N(C)C)cc1)c1cccc(N)c1. The summed E-state index contributed by atoms with van der Waals surface area (Å²) in [6.07, 6.45) is 0. The van der Waals surface area contributed by atoms with Gasteiger partial charge in [-0.3, -0.25) is 4.79 Å². The summed E-state index contributed by atoms with van der Waals surface area (Å²) in [4.78, 5) is 15.7. The Labute approximate surface area is 125 Å². The zero-order chi connectivity index (χ0) is 15.4. The van der Waals surface area contributed by atoms with Gasteiger partial charge in [0.05, 0.1) is 6.54 Å². The minimum absolute atomic E-state index is 0.00251. The number of carbonyl (C=O) groups is 1. The van der Waals surface area contributed by atoms with Crippen molar-refractivity contribution in [2.75, 3.05) is 29.6 Å². The van der Waals surface area contributed by atoms with Gasteiger partial charge in [0.25, 0.3) is 0 Å². The molecule has 0 radical (unpaired) electrons. The van der Waals surface area contributed by atoms with Crippen LogP contribution in [-0.2, 0) is 11.3 Å². The predicted octanol–water partition coefficient (Wildman–Crippen LogP) is 2.89. The van der Waals surface area contributed by atoms with Crippen molar-refractivity contribution < 1.29 is 4.79 Å². The molecule has 2 rings (SSSR count). The van der Waals surface area contributed by atoms with Gasteiger partial charge in [-0.25, -0.2) is 0 Å². The van der Waals surface area contributed by atoms with E-state index in [2.05, 4.69) is 0 Å². The van der Waals surface area contributed by atoms with Crippen molar-refractivity contribution in [3.63, 3.8) is 0 Å². The lowest BCUT2D eigenvalue weighted by Crippen LogP contribution is -2.27. The van der Waals surface area contributed by atoms with Gasteiger partial charge >= 0.3 is 0 Å². The Bertz CT molecular complexity index is 620. The minimum Gasteiger partial charge on any atom is -0.399 e. The predicted molar refractivity (Wildman–Crippen MR) is 88.5 cm³/mol. The molecule has 0 saturated carbocycles. The van der Waals surface area contributed by atoms with E-state index in [9.17, 15) is 4.79 Å². The smallest absolute Gasteiger partial charge is 0.224 e. The van der Waals surface area contributed by atoms with Crippen molar-refractivity contribution in [2.24, 2.45) is 0 Å². The number of carbonyl (C=O) groups excluding carboxylic acids is 1. The van der Waals surface area contributed by atoms with Crippen LogP contribution in [0.15, 0.2) is 48.5 Å². The maximum Gasteiger partial charge on any atom is 0.224 e. The van der Waals surface area contributed by atoms with Crippen LogP contribution < -0.4 is 15.5 Å². The van der Waals surface area contributed by atoms with Crippen LogP contribution in [0.4, 0.5) is 17.1 Å². The van der Waals surface area contributed by atoms with Gasteiger partial charge < -0.3 is 15.5 Å². The Hall–Kier alpha value is -2.49. The zero-order valence-corrected chi connectivity index (χ0v) is 12.7. The summed E-state index contributed by atoms with van der Waals surface area (Å²) in [5.41, 5.74) is 9.49. The molecule has 21 heavy (non-hydrogen) atoms. The summed E-state index contributed by atoms with van der Waals surface area (Å²) in [5.74, 6) is -0.00251. The van der Waals surface area contributed by atoms with E-state index in [1.54, 1.807) is 11.8 Å². The summed E-state index contributed by atoms with van der Waals surface area (Å²) in [5, 5.41) is 0. The molecule has 0 unspecified atom stereocenters. The van der Waals surface area contributed by atoms with Gasteiger partial charge in [0.1, 0.15) is 0 Å². The van der Waals surface area contributed by atoms with Crippen molar-refractivity contribution in [2.45, 2.75) is 13.5 Å². The van der Waals surface area contributed by atoms with Gasteiger partial charge in [0, 0.05) is 38.1 Å². The van der Waals surface area contributed by atoms with Crippen molar-refractivity contribution >= 4 is 23.0 Å². The van der Waals surface area contributed by atoms with Gasteiger partial charge in [0.2, 0.25) is 5.91 Å². The molecular formula is C17H21N3O. The highest BCUT2D eigenvalue weighted by Crippen LogP contribution is 2.21. The lowest BCUT2D eigenvalue weighted by atomic mass is 10.1. The molecule has 0 aromatic heterocycles. The normalized spacial score (nSPS) is 10.2. The van der Waals surface area contributed by atoms with E-state index in [1.807, 2.05) is 67.5 Å². The average Bonchev–Trinajstić information content (AvgIpc) is 2.45. The topological polar surface area (TPSA) is 49.6 Å². The fourth-order valence-corrected chi connectivity index (χ4v) is 2.16. The molecule has 110 valence electrons. The van der Waals surface area contributed by atoms with Crippen molar-refractivity contribution in [1.82, 2.24) is 0 Å². The molecular weight excluding hydrogens is 262 g/mol. The van der Waals surface area contributed by atoms with E-state index in [0.717, 1.165) is 16.9 Å². The third kappa shape index (κ3) is 3.75. The summed E-state index contributed by atoms with van der Waals surface area (Å²) in [6, 6.07) is 15.6. The molecule has 1 amide bonds. The minimum atomic E-state index is -0.00251. The monoisotopic (exact) mass is 283 g/mol. The Morgan fingerprint density at radius 2 is 1.71 bits per heavy atom. The number of amides is 1. The van der Waals surface area contributed by atoms with Crippen molar-refractivity contribution in [3.8, 4) is 0 Å². The lowest BCUT2D eigenvalue weighted by molar-refractivity contribution is -0.116. The molecule has 0 fully saturated rings. The second kappa shape index (κ2) is 6.31. The van der Waals surface area contributed by atoms with Crippen molar-refractivity contribution in [1.29, 1.82) is 0 Å². The summed E-state index contributed by atoms with van der Waals surface area (Å²) in [6.45, 7) is 2.10. The van der Waals surface area contributed by atoms with Crippen LogP contribution in [-0.4, -0.2) is 20.0 Å². The first-order chi connectivity index (χ1) is 9.97. The van der Waals surface area contributed by atoms with Gasteiger partial charge in [-0.15, -0.1) is 0 Å². The van der Waals surface area contributed by atoms with Crippen molar-refractivity contribution in [3.05, 3.63) is 54.1 Å². The highest BCUT2D eigenvalue weighted by molar-refractivity contribution is 5.91. The molecule has 0 aliphatic rings. The summed E-state index contributed by atoms with van der Waals surface area (Å²) in [7, 11) is 4.01. The Kier molecular flexibility index (Phi) is 4.48. The first kappa shape index (κ1) is 14.9. The van der Waals surface area contributed by atoms with E-state index in [0.29, 0.717) is 12.2 Å². The number of benzene rings is 2. The first-order valence-electron chi connectivity index (χ1n) is 6.87. The second-order valence-electron chi connectivity index (χ2n) is 5.26. The Morgan fingerprint density at radius 3 is 2.24 bits per heavy atom. The number of nitrogens with zero attached hydrogens (tertiary/aromatic N) is 2. The van der Waals surface area contributed by atoms with E-state index in [1.165, 1.54) is 0 Å². The van der Waals surface area contributed by atoms with Gasteiger partial charge in [0.15, 0.2) is 0 Å². The van der Waals surface area contributed by atoms with E-state index in [4.69, 9.17) is 5.73 Å². The third-order valence-electron chi connectivity index (χ3n) is 3.36. The van der Waals surface area contributed by atoms with Gasteiger partial charge in [-0.1, -0.05) is 18.2 Å². The number of rotatable bonds is 4. The van der Waals surface area contributed by atoms with E-state index >= 15 is 0 Å². The van der Waals surface area contributed by atoms with Crippen LogP contribution >= 0.6 is 0 Å². The lowest BCUT2D eigenvalue weighted by Gasteiger charge is -2.22. The number of nitrogen functional groups attached to an aromatic ring is 1. The quantitative estimate of drug-likeness (QED) is 0.878. The highest BCUT2D eigenvalue weighted by Gasteiger charge is 2.12. The molecule has 4 heteroatoms. The van der Waals surface area contributed by atoms with Crippen LogP contribution in [0.5, 0.6) is 0 Å². The largest absolute Gasteiger partial charge is 0.399 e. The van der Waals surface area contributed by atoms with Crippen LogP contribution in [0.1, 0.15) is 12.5 Å². The van der Waals surface area contributed by atoms with Crippen LogP contribution in [0.2, 0.25) is 0 Å². The Morgan fingerprint density at radius 1 is 1.05 bits per heavy atom. The first-order valence-corrected chi connectivity index (χ1v) is 6.87. The Balaban J connectivity index is 2.22. The van der Waals surface area contributed by atoms with Gasteiger partial charge in [-0.2, -0.15) is 0 Å². The molecule has 0 heterocycles. The molecule has 2 aromatic carbocycles. The standard InChI is InChI=1S/C17H21N3O/c1-13(21)20(17-6-4-5-15(18)11-17)12-14-7-9-16(10-8-14)19(2)3/h4-11H,12,18H2,1-3H3. The molecule has 2 N–H and O–H groups in total. The number of hydrogen-bond donors (Lipinski definition) is 1. The fraction of sp³-hybridized carbons (Fsp3) is 0.235. The molecule has 0 atom stereocenters. The third-order valence-corrected chi connectivity index (χ3v) is 3.36. The molecule has 4 nitrogen and oxygen atoms in total. The van der Waals surface area contributed by atoms with Gasteiger partial charge in [-0.05, 0) is 35.9 Å². The zero-order valence-electron chi connectivity index (χ0n) is 12.7. The van der Waals surface area contributed by atoms with E-state index < -0.39 is 0 Å². The summed E-state index contributed by atoms with van der Waals surface area (Å²) < 4.78 is 0. The molecule has 0 bridgehead atoms. The van der Waals surface area contributed by atoms with E-state index in [-0.39, 0.29) is 5.91 Å². The van der Waals surface area contributed by atoms with Crippen LogP contribution in [0, 0.1) is 0 Å². The van der Waals surface area contributed by atoms with Crippen LogP contribution in [0.25, 0.3) is 0 Å². The molecule has 0 spiro atoms.